The van der Waals surface area contributed by atoms with Crippen LogP contribution in [0.15, 0.2) is 18.2 Å². The largest absolute Gasteiger partial charge is 0.481 e. The number of rotatable bonds is 6. The Hall–Kier alpha value is -2.26. The molecule has 1 atom stereocenters. The predicted molar refractivity (Wildman–Crippen MR) is 76.4 cm³/mol. The van der Waals surface area contributed by atoms with Crippen molar-refractivity contribution < 1.29 is 19.1 Å². The van der Waals surface area contributed by atoms with Crippen molar-refractivity contribution in [1.82, 2.24) is 10.6 Å². The lowest BCUT2D eigenvalue weighted by Crippen LogP contribution is -2.38. The van der Waals surface area contributed by atoms with Gasteiger partial charge in [-0.25, -0.2) is 9.18 Å². The number of carboxylic acids is 1. The van der Waals surface area contributed by atoms with E-state index >= 15 is 0 Å². The van der Waals surface area contributed by atoms with E-state index in [0.717, 1.165) is 6.07 Å². The topological polar surface area (TPSA) is 78.4 Å². The summed E-state index contributed by atoms with van der Waals surface area (Å²) in [5, 5.41) is 13.5. The number of benzene rings is 1. The van der Waals surface area contributed by atoms with Crippen LogP contribution in [0, 0.1) is 18.2 Å². The molecule has 0 aliphatic rings. The number of halogens is 2. The highest BCUT2D eigenvalue weighted by atomic mass is 35.5. The van der Waals surface area contributed by atoms with Crippen LogP contribution in [0.2, 0.25) is 5.02 Å². The van der Waals surface area contributed by atoms with Crippen LogP contribution < -0.4 is 10.6 Å². The highest BCUT2D eigenvalue weighted by molar-refractivity contribution is 6.30. The van der Waals surface area contributed by atoms with E-state index in [9.17, 15) is 14.0 Å². The van der Waals surface area contributed by atoms with E-state index in [1.54, 1.807) is 0 Å². The van der Waals surface area contributed by atoms with Crippen LogP contribution in [-0.2, 0) is 4.79 Å². The van der Waals surface area contributed by atoms with Crippen LogP contribution in [0.1, 0.15) is 24.4 Å². The van der Waals surface area contributed by atoms with Crippen molar-refractivity contribution in [3.05, 3.63) is 34.6 Å². The Morgan fingerprint density at radius 2 is 2.19 bits per heavy atom. The van der Waals surface area contributed by atoms with E-state index in [1.165, 1.54) is 12.1 Å². The fourth-order valence-electron chi connectivity index (χ4n) is 1.57. The maximum absolute atomic E-state index is 13.7. The van der Waals surface area contributed by atoms with Gasteiger partial charge in [-0.05, 0) is 18.6 Å². The molecular formula is C14H14ClFN2O3. The second kappa shape index (κ2) is 8.12. The maximum Gasteiger partial charge on any atom is 0.316 e. The minimum atomic E-state index is -0.943. The van der Waals surface area contributed by atoms with E-state index in [-0.39, 0.29) is 23.6 Å². The lowest BCUT2D eigenvalue weighted by molar-refractivity contribution is -0.137. The Labute approximate surface area is 126 Å². The van der Waals surface area contributed by atoms with Crippen LogP contribution in [-0.4, -0.2) is 23.7 Å². The smallest absolute Gasteiger partial charge is 0.316 e. The number of hydrogen-bond donors (Lipinski definition) is 3. The Bertz CT molecular complexity index is 572. The van der Waals surface area contributed by atoms with Crippen LogP contribution in [0.25, 0.3) is 0 Å². The summed E-state index contributed by atoms with van der Waals surface area (Å²) in [6, 6.07) is 2.43. The third-order valence-electron chi connectivity index (χ3n) is 2.57. The van der Waals surface area contributed by atoms with E-state index in [0.29, 0.717) is 6.42 Å². The summed E-state index contributed by atoms with van der Waals surface area (Å²) >= 11 is 5.64. The SMILES string of the molecule is C#CC(NC(=O)NCCCC(=O)O)c1ccc(Cl)cc1F. The molecule has 3 N–H and O–H groups in total. The molecule has 1 aromatic rings. The molecule has 0 saturated heterocycles. The molecule has 5 nitrogen and oxygen atoms in total. The van der Waals surface area contributed by atoms with E-state index in [1.807, 2.05) is 0 Å². The van der Waals surface area contributed by atoms with Crippen molar-refractivity contribution in [2.75, 3.05) is 6.54 Å². The van der Waals surface area contributed by atoms with Crippen molar-refractivity contribution in [3.8, 4) is 12.3 Å². The number of hydrogen-bond acceptors (Lipinski definition) is 2. The van der Waals surface area contributed by atoms with Crippen molar-refractivity contribution in [3.63, 3.8) is 0 Å². The molecule has 1 unspecified atom stereocenters. The van der Waals surface area contributed by atoms with Crippen LogP contribution in [0.4, 0.5) is 9.18 Å². The molecule has 0 aliphatic heterocycles. The third kappa shape index (κ3) is 5.71. The van der Waals surface area contributed by atoms with Gasteiger partial charge in [0.1, 0.15) is 11.9 Å². The zero-order valence-corrected chi connectivity index (χ0v) is 11.8. The normalized spacial score (nSPS) is 11.3. The van der Waals surface area contributed by atoms with Gasteiger partial charge >= 0.3 is 12.0 Å². The van der Waals surface area contributed by atoms with Crippen molar-refractivity contribution >= 4 is 23.6 Å². The van der Waals surface area contributed by atoms with Gasteiger partial charge in [0, 0.05) is 23.6 Å². The molecule has 0 bridgehead atoms. The first kappa shape index (κ1) is 16.8. The lowest BCUT2D eigenvalue weighted by Gasteiger charge is -2.15. The molecule has 0 fully saturated rings. The Morgan fingerprint density at radius 3 is 2.76 bits per heavy atom. The average molecular weight is 313 g/mol. The number of urea groups is 1. The standard InChI is InChI=1S/C14H14ClFN2O3/c1-2-12(10-6-5-9(15)8-11(10)16)18-14(21)17-7-3-4-13(19)20/h1,5-6,8,12H,3-4,7H2,(H,19,20)(H2,17,18,21). The molecule has 21 heavy (non-hydrogen) atoms. The first-order valence-corrected chi connectivity index (χ1v) is 6.49. The number of amides is 2. The van der Waals surface area contributed by atoms with Crippen LogP contribution in [0.5, 0.6) is 0 Å². The molecule has 0 spiro atoms. The van der Waals surface area contributed by atoms with Gasteiger partial charge in [-0.2, -0.15) is 0 Å². The van der Waals surface area contributed by atoms with Crippen molar-refractivity contribution in [1.29, 1.82) is 0 Å². The van der Waals surface area contributed by atoms with Crippen LogP contribution in [0.3, 0.4) is 0 Å². The Balaban J connectivity index is 2.56. The van der Waals surface area contributed by atoms with Gasteiger partial charge in [0.25, 0.3) is 0 Å². The molecule has 0 aliphatic carbocycles. The van der Waals surface area contributed by atoms with Gasteiger partial charge in [0.15, 0.2) is 0 Å². The quantitative estimate of drug-likeness (QED) is 0.557. The minimum Gasteiger partial charge on any atom is -0.481 e. The summed E-state index contributed by atoms with van der Waals surface area (Å²) in [6.45, 7) is 0.179. The fraction of sp³-hybridized carbons (Fsp3) is 0.286. The van der Waals surface area contributed by atoms with E-state index in [2.05, 4.69) is 16.6 Å². The predicted octanol–water partition coefficient (Wildman–Crippen LogP) is 2.32. The minimum absolute atomic E-state index is 0.0509. The summed E-state index contributed by atoms with van der Waals surface area (Å²) in [5.41, 5.74) is 0.127. The zero-order chi connectivity index (χ0) is 15.8. The number of carbonyl (C=O) groups excluding carboxylic acids is 1. The second-order valence-electron chi connectivity index (χ2n) is 4.16. The van der Waals surface area contributed by atoms with Gasteiger partial charge < -0.3 is 15.7 Å². The molecule has 112 valence electrons. The van der Waals surface area contributed by atoms with Crippen LogP contribution >= 0.6 is 11.6 Å². The number of terminal acetylenes is 1. The summed E-state index contributed by atoms with van der Waals surface area (Å²) in [6.07, 6.45) is 5.52. The van der Waals surface area contributed by atoms with Gasteiger partial charge in [0.05, 0.1) is 0 Å². The first-order valence-electron chi connectivity index (χ1n) is 6.11. The second-order valence-corrected chi connectivity index (χ2v) is 4.60. The van der Waals surface area contributed by atoms with E-state index < -0.39 is 23.9 Å². The maximum atomic E-state index is 13.7. The van der Waals surface area contributed by atoms with Gasteiger partial charge in [-0.3, -0.25) is 4.79 Å². The zero-order valence-electron chi connectivity index (χ0n) is 11.0. The molecular weight excluding hydrogens is 299 g/mol. The Kier molecular flexibility index (Phi) is 6.50. The van der Waals surface area contributed by atoms with E-state index in [4.69, 9.17) is 23.1 Å². The van der Waals surface area contributed by atoms with Gasteiger partial charge in [-0.15, -0.1) is 6.42 Å². The number of carboxylic acid groups (broad SMARTS) is 1. The number of nitrogens with one attached hydrogen (secondary N) is 2. The summed E-state index contributed by atoms with van der Waals surface area (Å²) in [5.74, 6) is 0.712. The Morgan fingerprint density at radius 1 is 1.48 bits per heavy atom. The van der Waals surface area contributed by atoms with Gasteiger partial charge in [0.2, 0.25) is 0 Å². The molecule has 2 amide bonds. The monoisotopic (exact) mass is 312 g/mol. The lowest BCUT2D eigenvalue weighted by atomic mass is 10.1. The molecule has 1 aromatic carbocycles. The molecule has 0 radical (unpaired) electrons. The molecule has 0 heterocycles. The number of carbonyl (C=O) groups is 2. The highest BCUT2D eigenvalue weighted by Gasteiger charge is 2.16. The summed E-state index contributed by atoms with van der Waals surface area (Å²) < 4.78 is 13.7. The molecule has 1 rings (SSSR count). The summed E-state index contributed by atoms with van der Waals surface area (Å²) in [7, 11) is 0. The highest BCUT2D eigenvalue weighted by Crippen LogP contribution is 2.20. The van der Waals surface area contributed by atoms with Crippen molar-refractivity contribution in [2.45, 2.75) is 18.9 Å². The fourth-order valence-corrected chi connectivity index (χ4v) is 1.73. The average Bonchev–Trinajstić information content (AvgIpc) is 2.41. The third-order valence-corrected chi connectivity index (χ3v) is 2.80. The number of aliphatic carboxylic acids is 1. The molecule has 0 aromatic heterocycles. The molecule has 7 heteroatoms. The molecule has 0 saturated carbocycles. The van der Waals surface area contributed by atoms with Gasteiger partial charge in [-0.1, -0.05) is 23.6 Å². The van der Waals surface area contributed by atoms with Crippen molar-refractivity contribution in [2.24, 2.45) is 0 Å². The summed E-state index contributed by atoms with van der Waals surface area (Å²) in [4.78, 5) is 21.9. The first-order chi connectivity index (χ1) is 9.93.